The minimum Gasteiger partial charge on any atom is -0.396 e. The molecule has 0 atom stereocenters. The zero-order valence-corrected chi connectivity index (χ0v) is 5.08. The average Bonchev–Trinajstić information content (AvgIpc) is 1.80. The van der Waals surface area contributed by atoms with Crippen molar-refractivity contribution in [2.24, 2.45) is 10.7 Å². The van der Waals surface area contributed by atoms with Crippen LogP contribution in [0.2, 0.25) is 0 Å². The smallest absolute Gasteiger partial charge is 0.337 e. The third-order valence-electron chi connectivity index (χ3n) is 0.710. The summed E-state index contributed by atoms with van der Waals surface area (Å²) < 4.78 is 0. The molecule has 2 amide bonds. The van der Waals surface area contributed by atoms with Gasteiger partial charge in [-0.25, -0.2) is 9.79 Å². The molecule has 0 aliphatic heterocycles. The number of aliphatic hydroxyl groups is 1. The van der Waals surface area contributed by atoms with E-state index in [1.54, 1.807) is 0 Å². The van der Waals surface area contributed by atoms with Crippen LogP contribution in [0.4, 0.5) is 4.79 Å². The zero-order chi connectivity index (χ0) is 7.11. The van der Waals surface area contributed by atoms with Crippen molar-refractivity contribution in [1.29, 1.82) is 0 Å². The minimum absolute atomic E-state index is 0.116. The second-order valence-electron chi connectivity index (χ2n) is 1.52. The normalized spacial score (nSPS) is 10.3. The lowest BCUT2D eigenvalue weighted by Crippen LogP contribution is -2.03. The Morgan fingerprint density at radius 3 is 2.89 bits per heavy atom. The number of urea groups is 1. The summed E-state index contributed by atoms with van der Waals surface area (Å²) >= 11 is 0. The van der Waals surface area contributed by atoms with Gasteiger partial charge in [0.2, 0.25) is 0 Å². The highest BCUT2D eigenvalue weighted by atomic mass is 16.2. The summed E-state index contributed by atoms with van der Waals surface area (Å²) in [5.41, 5.74) is 4.68. The number of amides is 2. The third kappa shape index (κ3) is 7.10. The highest BCUT2D eigenvalue weighted by Crippen LogP contribution is 1.81. The van der Waals surface area contributed by atoms with Gasteiger partial charge in [0.1, 0.15) is 0 Å². The van der Waals surface area contributed by atoms with Crippen LogP contribution in [0.1, 0.15) is 12.8 Å². The molecule has 4 heteroatoms. The number of unbranched alkanes of at least 4 members (excludes halogenated alkanes) is 1. The Labute approximate surface area is 53.4 Å². The van der Waals surface area contributed by atoms with Gasteiger partial charge >= 0.3 is 6.03 Å². The quantitative estimate of drug-likeness (QED) is 0.413. The molecule has 4 nitrogen and oxygen atoms in total. The van der Waals surface area contributed by atoms with Crippen molar-refractivity contribution in [2.75, 3.05) is 6.61 Å². The SMILES string of the molecule is NC(=O)N=CCCCO. The number of nitrogens with two attached hydrogens (primary N) is 1. The molecule has 0 radical (unpaired) electrons. The second-order valence-corrected chi connectivity index (χ2v) is 1.52. The van der Waals surface area contributed by atoms with Crippen molar-refractivity contribution in [3.8, 4) is 0 Å². The fourth-order valence-corrected chi connectivity index (χ4v) is 0.337. The average molecular weight is 130 g/mol. The third-order valence-corrected chi connectivity index (χ3v) is 0.710. The lowest BCUT2D eigenvalue weighted by Gasteiger charge is -1.84. The van der Waals surface area contributed by atoms with E-state index in [0.717, 1.165) is 0 Å². The fraction of sp³-hybridized carbons (Fsp3) is 0.600. The molecule has 0 bridgehead atoms. The van der Waals surface area contributed by atoms with Gasteiger partial charge in [0, 0.05) is 12.8 Å². The molecule has 0 spiro atoms. The van der Waals surface area contributed by atoms with Crippen molar-refractivity contribution in [3.05, 3.63) is 0 Å². The van der Waals surface area contributed by atoms with Gasteiger partial charge in [-0.2, -0.15) is 0 Å². The van der Waals surface area contributed by atoms with Crippen LogP contribution in [-0.4, -0.2) is 24.0 Å². The van der Waals surface area contributed by atoms with Gasteiger partial charge in [0.25, 0.3) is 0 Å². The number of aliphatic hydroxyl groups excluding tert-OH is 1. The van der Waals surface area contributed by atoms with E-state index in [9.17, 15) is 4.79 Å². The summed E-state index contributed by atoms with van der Waals surface area (Å²) in [5.74, 6) is 0. The largest absolute Gasteiger partial charge is 0.396 e. The molecule has 52 valence electrons. The van der Waals surface area contributed by atoms with Crippen molar-refractivity contribution >= 4 is 12.2 Å². The maximum Gasteiger partial charge on any atom is 0.337 e. The first-order valence-corrected chi connectivity index (χ1v) is 2.70. The number of hydrogen-bond donors (Lipinski definition) is 2. The Kier molecular flexibility index (Phi) is 4.72. The highest BCUT2D eigenvalue weighted by Gasteiger charge is 1.82. The second kappa shape index (κ2) is 5.24. The number of carbonyl (C=O) groups excluding carboxylic acids is 1. The van der Waals surface area contributed by atoms with Crippen molar-refractivity contribution < 1.29 is 9.90 Å². The van der Waals surface area contributed by atoms with Crippen LogP contribution >= 0.6 is 0 Å². The Hall–Kier alpha value is -0.900. The van der Waals surface area contributed by atoms with Gasteiger partial charge in [-0.05, 0) is 12.8 Å². The lowest BCUT2D eigenvalue weighted by atomic mass is 10.3. The number of aliphatic imine (C=N–C) groups is 1. The Morgan fingerprint density at radius 2 is 2.44 bits per heavy atom. The topological polar surface area (TPSA) is 75.7 Å². The first-order valence-electron chi connectivity index (χ1n) is 2.70. The van der Waals surface area contributed by atoms with Crippen molar-refractivity contribution in [1.82, 2.24) is 0 Å². The zero-order valence-electron chi connectivity index (χ0n) is 5.08. The van der Waals surface area contributed by atoms with Crippen LogP contribution in [0.15, 0.2) is 4.99 Å². The summed E-state index contributed by atoms with van der Waals surface area (Å²) in [4.78, 5) is 13.2. The van der Waals surface area contributed by atoms with Crippen LogP contribution in [0.5, 0.6) is 0 Å². The van der Waals surface area contributed by atoms with Gasteiger partial charge in [-0.3, -0.25) is 0 Å². The highest BCUT2D eigenvalue weighted by molar-refractivity contribution is 5.81. The first-order chi connectivity index (χ1) is 4.27. The molecule has 0 saturated heterocycles. The molecule has 0 rings (SSSR count). The van der Waals surface area contributed by atoms with E-state index < -0.39 is 6.03 Å². The number of hydrogen-bond acceptors (Lipinski definition) is 2. The lowest BCUT2D eigenvalue weighted by molar-refractivity contribution is 0.256. The summed E-state index contributed by atoms with van der Waals surface area (Å²) in [6.45, 7) is 0.116. The molecule has 0 unspecified atom stereocenters. The van der Waals surface area contributed by atoms with Gasteiger partial charge in [-0.1, -0.05) is 0 Å². The fourth-order valence-electron chi connectivity index (χ4n) is 0.337. The van der Waals surface area contributed by atoms with E-state index in [2.05, 4.69) is 10.7 Å². The molecular formula is C5H10N2O2. The van der Waals surface area contributed by atoms with E-state index in [1.165, 1.54) is 6.21 Å². The molecule has 0 aromatic heterocycles. The van der Waals surface area contributed by atoms with E-state index in [1.807, 2.05) is 0 Å². The molecule has 0 heterocycles. The van der Waals surface area contributed by atoms with Crippen LogP contribution in [0.25, 0.3) is 0 Å². The molecule has 0 saturated carbocycles. The Bertz CT molecular complexity index is 112. The number of primary amides is 1. The standard InChI is InChI=1S/C5H10N2O2/c6-5(9)7-3-1-2-4-8/h3,8H,1-2,4H2,(H2,6,9). The summed E-state index contributed by atoms with van der Waals surface area (Å²) in [6.07, 6.45) is 2.62. The minimum atomic E-state index is -0.687. The maximum atomic E-state index is 9.92. The van der Waals surface area contributed by atoms with E-state index >= 15 is 0 Å². The summed E-state index contributed by atoms with van der Waals surface area (Å²) in [5, 5.41) is 8.25. The molecule has 0 aromatic carbocycles. The number of rotatable bonds is 3. The Morgan fingerprint density at radius 1 is 1.78 bits per heavy atom. The van der Waals surface area contributed by atoms with E-state index in [4.69, 9.17) is 5.11 Å². The number of nitrogens with zero attached hydrogens (tertiary/aromatic N) is 1. The number of carbonyl (C=O) groups is 1. The van der Waals surface area contributed by atoms with Gasteiger partial charge in [0.05, 0.1) is 0 Å². The van der Waals surface area contributed by atoms with E-state index in [-0.39, 0.29) is 6.61 Å². The van der Waals surface area contributed by atoms with Crippen LogP contribution in [0.3, 0.4) is 0 Å². The van der Waals surface area contributed by atoms with Gasteiger partial charge in [-0.15, -0.1) is 0 Å². The molecular weight excluding hydrogens is 120 g/mol. The molecule has 0 aliphatic carbocycles. The Balaban J connectivity index is 3.15. The molecule has 0 aromatic rings. The molecule has 9 heavy (non-hydrogen) atoms. The van der Waals surface area contributed by atoms with Crippen LogP contribution in [0, 0.1) is 0 Å². The van der Waals surface area contributed by atoms with Gasteiger partial charge < -0.3 is 10.8 Å². The van der Waals surface area contributed by atoms with Crippen LogP contribution < -0.4 is 5.73 Å². The first kappa shape index (κ1) is 8.10. The van der Waals surface area contributed by atoms with Crippen molar-refractivity contribution in [3.63, 3.8) is 0 Å². The summed E-state index contributed by atoms with van der Waals surface area (Å²) in [6, 6.07) is -0.687. The molecule has 0 aliphatic rings. The van der Waals surface area contributed by atoms with Gasteiger partial charge in [0.15, 0.2) is 0 Å². The maximum absolute atomic E-state index is 9.92. The molecule has 0 fully saturated rings. The van der Waals surface area contributed by atoms with Crippen LogP contribution in [-0.2, 0) is 0 Å². The predicted octanol–water partition coefficient (Wildman–Crippen LogP) is -0.0916. The predicted molar refractivity (Wildman–Crippen MR) is 34.4 cm³/mol. The van der Waals surface area contributed by atoms with E-state index in [0.29, 0.717) is 12.8 Å². The molecule has 3 N–H and O–H groups in total. The monoisotopic (exact) mass is 130 g/mol. The van der Waals surface area contributed by atoms with Crippen molar-refractivity contribution in [2.45, 2.75) is 12.8 Å². The summed E-state index contributed by atoms with van der Waals surface area (Å²) in [7, 11) is 0.